The number of rotatable bonds is 4. The lowest BCUT2D eigenvalue weighted by atomic mass is 10.1. The Bertz CT molecular complexity index is 882. The summed E-state index contributed by atoms with van der Waals surface area (Å²) in [5.41, 5.74) is 2.19. The first-order valence-electron chi connectivity index (χ1n) is 8.67. The highest BCUT2D eigenvalue weighted by Crippen LogP contribution is 2.20. The minimum atomic E-state index is -3.22. The van der Waals surface area contributed by atoms with Gasteiger partial charge < -0.3 is 4.90 Å². The summed E-state index contributed by atoms with van der Waals surface area (Å²) in [7, 11) is -3.22. The van der Waals surface area contributed by atoms with Crippen molar-refractivity contribution in [1.29, 1.82) is 0 Å². The maximum Gasteiger partial charge on any atom is 0.272 e. The number of para-hydroxylation sites is 1. The van der Waals surface area contributed by atoms with Crippen LogP contribution in [0.4, 0.5) is 0 Å². The molecule has 0 radical (unpaired) electrons. The molecule has 0 aliphatic carbocycles. The molecule has 2 aromatic rings. The highest BCUT2D eigenvalue weighted by Gasteiger charge is 2.29. The van der Waals surface area contributed by atoms with E-state index in [1.807, 2.05) is 50.2 Å². The molecule has 0 bridgehead atoms. The molecule has 3 rings (SSSR count). The van der Waals surface area contributed by atoms with Gasteiger partial charge in [0.15, 0.2) is 0 Å². The second-order valence-corrected chi connectivity index (χ2v) is 8.79. The summed E-state index contributed by atoms with van der Waals surface area (Å²) >= 11 is 0. The molecule has 140 valence electrons. The smallest absolute Gasteiger partial charge is 0.272 e. The molecule has 7 nitrogen and oxygen atoms in total. The van der Waals surface area contributed by atoms with Crippen LogP contribution in [0.3, 0.4) is 0 Å². The molecule has 0 unspecified atom stereocenters. The molecule has 1 aliphatic heterocycles. The third-order valence-electron chi connectivity index (χ3n) is 4.53. The molecule has 1 aromatic carbocycles. The van der Waals surface area contributed by atoms with Crippen LogP contribution in [0.5, 0.6) is 0 Å². The average Bonchev–Trinajstić information content (AvgIpc) is 3.07. The number of benzene rings is 1. The molecular formula is C18H24N4O3S. The van der Waals surface area contributed by atoms with Crippen molar-refractivity contribution in [3.63, 3.8) is 0 Å². The standard InChI is InChI=1S/C18H24N4O3S/c1-14(2)16-13-17(22(19-16)15-7-5-4-6-8-15)18(23)20-9-11-21(12-10-20)26(3,24)25/h4-8,13-14H,9-12H2,1-3H3. The van der Waals surface area contributed by atoms with Crippen LogP contribution in [-0.2, 0) is 10.0 Å². The molecule has 1 amide bonds. The normalized spacial score (nSPS) is 16.2. The van der Waals surface area contributed by atoms with E-state index in [9.17, 15) is 13.2 Å². The van der Waals surface area contributed by atoms with E-state index in [0.29, 0.717) is 31.9 Å². The van der Waals surface area contributed by atoms with Gasteiger partial charge in [-0.2, -0.15) is 9.40 Å². The minimum absolute atomic E-state index is 0.124. The van der Waals surface area contributed by atoms with Crippen LogP contribution >= 0.6 is 0 Å². The minimum Gasteiger partial charge on any atom is -0.335 e. The molecular weight excluding hydrogens is 352 g/mol. The molecule has 8 heteroatoms. The maximum absolute atomic E-state index is 13.1. The third kappa shape index (κ3) is 3.81. The van der Waals surface area contributed by atoms with Crippen LogP contribution in [0.2, 0.25) is 0 Å². The number of amides is 1. The topological polar surface area (TPSA) is 75.5 Å². The van der Waals surface area contributed by atoms with Gasteiger partial charge in [0.1, 0.15) is 5.69 Å². The summed E-state index contributed by atoms with van der Waals surface area (Å²) in [6.45, 7) is 5.47. The average molecular weight is 376 g/mol. The zero-order valence-electron chi connectivity index (χ0n) is 15.3. The molecule has 1 aromatic heterocycles. The first kappa shape index (κ1) is 18.6. The van der Waals surface area contributed by atoms with E-state index in [4.69, 9.17) is 0 Å². The number of piperazine rings is 1. The summed E-state index contributed by atoms with van der Waals surface area (Å²) in [5.74, 6) is 0.0787. The van der Waals surface area contributed by atoms with Crippen molar-refractivity contribution in [1.82, 2.24) is 19.0 Å². The zero-order valence-corrected chi connectivity index (χ0v) is 16.1. The lowest BCUT2D eigenvalue weighted by Gasteiger charge is -2.33. The number of hydrogen-bond donors (Lipinski definition) is 0. The number of aromatic nitrogens is 2. The van der Waals surface area contributed by atoms with Crippen LogP contribution < -0.4 is 0 Å². The SMILES string of the molecule is CC(C)c1cc(C(=O)N2CCN(S(C)(=O)=O)CC2)n(-c2ccccc2)n1. The van der Waals surface area contributed by atoms with Crippen LogP contribution in [0.15, 0.2) is 36.4 Å². The van der Waals surface area contributed by atoms with E-state index in [1.165, 1.54) is 10.6 Å². The van der Waals surface area contributed by atoms with E-state index in [-0.39, 0.29) is 11.8 Å². The lowest BCUT2D eigenvalue weighted by Crippen LogP contribution is -2.50. The number of nitrogens with zero attached hydrogens (tertiary/aromatic N) is 4. The first-order valence-corrected chi connectivity index (χ1v) is 10.5. The summed E-state index contributed by atoms with van der Waals surface area (Å²) in [6, 6.07) is 11.4. The molecule has 0 atom stereocenters. The van der Waals surface area contributed by atoms with Gasteiger partial charge in [0.2, 0.25) is 10.0 Å². The molecule has 1 saturated heterocycles. The Morgan fingerprint density at radius 1 is 1.08 bits per heavy atom. The largest absolute Gasteiger partial charge is 0.335 e. The van der Waals surface area contributed by atoms with Crippen molar-refractivity contribution < 1.29 is 13.2 Å². The van der Waals surface area contributed by atoms with E-state index in [0.717, 1.165) is 11.4 Å². The second-order valence-electron chi connectivity index (χ2n) is 6.81. The Morgan fingerprint density at radius 3 is 2.23 bits per heavy atom. The second kappa shape index (κ2) is 7.20. The van der Waals surface area contributed by atoms with E-state index in [2.05, 4.69) is 5.10 Å². The van der Waals surface area contributed by atoms with Gasteiger partial charge in [-0.05, 0) is 24.1 Å². The quantitative estimate of drug-likeness (QED) is 0.814. The number of carbonyl (C=O) groups excluding carboxylic acids is 1. The molecule has 0 spiro atoms. The summed E-state index contributed by atoms with van der Waals surface area (Å²) in [5, 5.41) is 4.61. The van der Waals surface area contributed by atoms with Crippen molar-refractivity contribution in [3.8, 4) is 5.69 Å². The Morgan fingerprint density at radius 2 is 1.69 bits per heavy atom. The van der Waals surface area contributed by atoms with Crippen LogP contribution in [-0.4, -0.2) is 65.7 Å². The van der Waals surface area contributed by atoms with Gasteiger partial charge >= 0.3 is 0 Å². The van der Waals surface area contributed by atoms with E-state index < -0.39 is 10.0 Å². The van der Waals surface area contributed by atoms with Crippen molar-refractivity contribution >= 4 is 15.9 Å². The van der Waals surface area contributed by atoms with Crippen molar-refractivity contribution in [2.24, 2.45) is 0 Å². The van der Waals surface area contributed by atoms with E-state index in [1.54, 1.807) is 9.58 Å². The van der Waals surface area contributed by atoms with Crippen LogP contribution in [0.25, 0.3) is 5.69 Å². The Labute approximate surface area is 154 Å². The fraction of sp³-hybridized carbons (Fsp3) is 0.444. The Hall–Kier alpha value is -2.19. The van der Waals surface area contributed by atoms with Gasteiger partial charge in [-0.3, -0.25) is 4.79 Å². The van der Waals surface area contributed by atoms with Gasteiger partial charge in [-0.15, -0.1) is 0 Å². The fourth-order valence-corrected chi connectivity index (χ4v) is 3.81. The zero-order chi connectivity index (χ0) is 18.9. The number of hydrogen-bond acceptors (Lipinski definition) is 4. The van der Waals surface area contributed by atoms with Gasteiger partial charge in [0.05, 0.1) is 17.6 Å². The summed E-state index contributed by atoms with van der Waals surface area (Å²) in [6.07, 6.45) is 1.20. The molecule has 2 heterocycles. The first-order chi connectivity index (χ1) is 12.3. The number of sulfonamides is 1. The maximum atomic E-state index is 13.1. The Balaban J connectivity index is 1.88. The van der Waals surface area contributed by atoms with Gasteiger partial charge in [-0.25, -0.2) is 13.1 Å². The predicted octanol–water partition coefficient (Wildman–Crippen LogP) is 1.71. The van der Waals surface area contributed by atoms with Crippen molar-refractivity contribution in [2.75, 3.05) is 32.4 Å². The molecule has 0 N–H and O–H groups in total. The summed E-state index contributed by atoms with van der Waals surface area (Å²) in [4.78, 5) is 14.8. The highest BCUT2D eigenvalue weighted by molar-refractivity contribution is 7.88. The van der Waals surface area contributed by atoms with Crippen molar-refractivity contribution in [2.45, 2.75) is 19.8 Å². The lowest BCUT2D eigenvalue weighted by molar-refractivity contribution is 0.0689. The molecule has 1 fully saturated rings. The predicted molar refractivity (Wildman–Crippen MR) is 100.0 cm³/mol. The van der Waals surface area contributed by atoms with Gasteiger partial charge in [0.25, 0.3) is 5.91 Å². The number of carbonyl (C=O) groups is 1. The molecule has 1 aliphatic rings. The third-order valence-corrected chi connectivity index (χ3v) is 5.84. The molecule has 0 saturated carbocycles. The summed E-state index contributed by atoms with van der Waals surface area (Å²) < 4.78 is 26.4. The fourth-order valence-electron chi connectivity index (χ4n) is 2.98. The van der Waals surface area contributed by atoms with Crippen LogP contribution in [0, 0.1) is 0 Å². The monoisotopic (exact) mass is 376 g/mol. The van der Waals surface area contributed by atoms with Crippen LogP contribution in [0.1, 0.15) is 35.9 Å². The van der Waals surface area contributed by atoms with Gasteiger partial charge in [0, 0.05) is 26.2 Å². The Kier molecular flexibility index (Phi) is 5.15. The van der Waals surface area contributed by atoms with Crippen molar-refractivity contribution in [3.05, 3.63) is 47.8 Å². The molecule has 26 heavy (non-hydrogen) atoms. The van der Waals surface area contributed by atoms with Gasteiger partial charge in [-0.1, -0.05) is 32.0 Å². The van der Waals surface area contributed by atoms with E-state index >= 15 is 0 Å². The highest BCUT2D eigenvalue weighted by atomic mass is 32.2.